The Balaban J connectivity index is 1.86. The van der Waals surface area contributed by atoms with Crippen molar-refractivity contribution in [1.82, 2.24) is 9.55 Å². The molecule has 0 fully saturated rings. The summed E-state index contributed by atoms with van der Waals surface area (Å²) in [5.74, 6) is 3.00. The number of carbonyl (C=O) groups is 1. The number of carbonyl (C=O) groups excluding carboxylic acids is 1. The van der Waals surface area contributed by atoms with Crippen LogP contribution in [0.25, 0.3) is 20.4 Å². The standard InChI is InChI=1S/C20H15N3O2S2/c1-3-12-23-17-14(25-4-2)9-7-11-16(17)27-20(23)22-18(24)19-21-13-8-5-6-10-15(13)26-19/h1,5-11H,4,12H2,2H3. The van der Waals surface area contributed by atoms with Gasteiger partial charge in [0.05, 0.1) is 28.1 Å². The van der Waals surface area contributed by atoms with Gasteiger partial charge in [0.25, 0.3) is 0 Å². The van der Waals surface area contributed by atoms with Crippen molar-refractivity contribution in [1.29, 1.82) is 0 Å². The van der Waals surface area contributed by atoms with Crippen LogP contribution in [0.4, 0.5) is 0 Å². The molecular formula is C20H15N3O2S2. The van der Waals surface area contributed by atoms with Gasteiger partial charge in [0.2, 0.25) is 0 Å². The summed E-state index contributed by atoms with van der Waals surface area (Å²) in [6.45, 7) is 2.77. The monoisotopic (exact) mass is 393 g/mol. The van der Waals surface area contributed by atoms with E-state index in [1.54, 1.807) is 0 Å². The van der Waals surface area contributed by atoms with Gasteiger partial charge in [-0.3, -0.25) is 4.79 Å². The van der Waals surface area contributed by atoms with Gasteiger partial charge in [-0.05, 0) is 31.2 Å². The molecule has 0 aliphatic heterocycles. The van der Waals surface area contributed by atoms with Crippen LogP contribution in [0, 0.1) is 12.3 Å². The molecule has 1 amide bonds. The Hall–Kier alpha value is -2.95. The molecule has 5 nitrogen and oxygen atoms in total. The predicted molar refractivity (Wildman–Crippen MR) is 109 cm³/mol. The quantitative estimate of drug-likeness (QED) is 0.491. The summed E-state index contributed by atoms with van der Waals surface area (Å²) < 4.78 is 9.50. The van der Waals surface area contributed by atoms with Crippen LogP contribution in [0.15, 0.2) is 47.5 Å². The number of terminal acetylenes is 1. The fourth-order valence-corrected chi connectivity index (χ4v) is 4.69. The first-order valence-electron chi connectivity index (χ1n) is 8.34. The normalized spacial score (nSPS) is 11.8. The second kappa shape index (κ2) is 7.35. The average molecular weight is 393 g/mol. The fraction of sp³-hybridized carbons (Fsp3) is 0.150. The van der Waals surface area contributed by atoms with Crippen LogP contribution >= 0.6 is 22.7 Å². The maximum atomic E-state index is 12.7. The van der Waals surface area contributed by atoms with Crippen molar-refractivity contribution in [2.75, 3.05) is 6.61 Å². The van der Waals surface area contributed by atoms with Gasteiger partial charge in [-0.25, -0.2) is 4.98 Å². The zero-order valence-corrected chi connectivity index (χ0v) is 16.1. The molecule has 4 rings (SSSR count). The highest BCUT2D eigenvalue weighted by molar-refractivity contribution is 7.20. The Bertz CT molecular complexity index is 1220. The van der Waals surface area contributed by atoms with Crippen LogP contribution in [-0.4, -0.2) is 22.1 Å². The van der Waals surface area contributed by atoms with E-state index in [1.807, 2.05) is 54.0 Å². The Kier molecular flexibility index (Phi) is 4.75. The van der Waals surface area contributed by atoms with Gasteiger partial charge in [0.15, 0.2) is 9.81 Å². The van der Waals surface area contributed by atoms with E-state index in [1.165, 1.54) is 22.7 Å². The van der Waals surface area contributed by atoms with E-state index >= 15 is 0 Å². The van der Waals surface area contributed by atoms with Gasteiger partial charge in [-0.15, -0.1) is 17.8 Å². The Morgan fingerprint density at radius 1 is 1.22 bits per heavy atom. The molecule has 27 heavy (non-hydrogen) atoms. The molecule has 0 saturated carbocycles. The second-order valence-corrected chi connectivity index (χ2v) is 7.65. The minimum absolute atomic E-state index is 0.302. The van der Waals surface area contributed by atoms with Crippen molar-refractivity contribution in [3.8, 4) is 18.1 Å². The summed E-state index contributed by atoms with van der Waals surface area (Å²) in [7, 11) is 0. The fourth-order valence-electron chi connectivity index (χ4n) is 2.79. The molecular weight excluding hydrogens is 378 g/mol. The van der Waals surface area contributed by atoms with E-state index < -0.39 is 0 Å². The van der Waals surface area contributed by atoms with Gasteiger partial charge >= 0.3 is 5.91 Å². The number of rotatable bonds is 4. The maximum Gasteiger partial charge on any atom is 0.308 e. The number of hydrogen-bond donors (Lipinski definition) is 0. The van der Waals surface area contributed by atoms with E-state index in [2.05, 4.69) is 15.9 Å². The molecule has 2 heterocycles. The minimum Gasteiger partial charge on any atom is -0.492 e. The van der Waals surface area contributed by atoms with Crippen LogP contribution in [0.2, 0.25) is 0 Å². The molecule has 0 radical (unpaired) electrons. The van der Waals surface area contributed by atoms with E-state index in [0.29, 0.717) is 23.0 Å². The molecule has 0 N–H and O–H groups in total. The molecule has 0 aliphatic carbocycles. The van der Waals surface area contributed by atoms with Crippen molar-refractivity contribution >= 4 is 49.0 Å². The first-order valence-corrected chi connectivity index (χ1v) is 9.97. The van der Waals surface area contributed by atoms with Crippen LogP contribution in [0.3, 0.4) is 0 Å². The summed E-state index contributed by atoms with van der Waals surface area (Å²) in [5, 5.41) is 0.367. The Labute approximate surface area is 163 Å². The smallest absolute Gasteiger partial charge is 0.308 e. The molecule has 0 aliphatic rings. The number of thiazole rings is 2. The van der Waals surface area contributed by atoms with Gasteiger partial charge in [-0.1, -0.05) is 35.5 Å². The van der Waals surface area contributed by atoms with Crippen molar-refractivity contribution in [2.24, 2.45) is 4.99 Å². The summed E-state index contributed by atoms with van der Waals surface area (Å²) in [5.41, 5.74) is 1.66. The molecule has 0 saturated heterocycles. The third kappa shape index (κ3) is 3.25. The third-order valence-corrected chi connectivity index (χ3v) is 5.96. The van der Waals surface area contributed by atoms with Crippen LogP contribution in [0.5, 0.6) is 5.75 Å². The number of nitrogens with zero attached hydrogens (tertiary/aromatic N) is 3. The Morgan fingerprint density at radius 2 is 2.04 bits per heavy atom. The molecule has 0 unspecified atom stereocenters. The molecule has 7 heteroatoms. The summed E-state index contributed by atoms with van der Waals surface area (Å²) >= 11 is 2.75. The van der Waals surface area contributed by atoms with Crippen molar-refractivity contribution in [2.45, 2.75) is 13.5 Å². The average Bonchev–Trinajstić information content (AvgIpc) is 3.25. The highest BCUT2D eigenvalue weighted by atomic mass is 32.1. The molecule has 134 valence electrons. The number of ether oxygens (including phenoxy) is 1. The van der Waals surface area contributed by atoms with E-state index in [0.717, 1.165) is 26.2 Å². The molecule has 2 aromatic carbocycles. The molecule has 2 aromatic heterocycles. The van der Waals surface area contributed by atoms with Crippen LogP contribution in [0.1, 0.15) is 16.7 Å². The number of aromatic nitrogens is 2. The first kappa shape index (κ1) is 17.5. The zero-order valence-electron chi connectivity index (χ0n) is 14.5. The van der Waals surface area contributed by atoms with Gasteiger partial charge in [-0.2, -0.15) is 4.99 Å². The SMILES string of the molecule is C#CCn1c(=NC(=O)c2nc3ccccc3s2)sc2cccc(OCC)c21. The van der Waals surface area contributed by atoms with Crippen LogP contribution < -0.4 is 9.54 Å². The number of hydrogen-bond acceptors (Lipinski definition) is 5. The summed E-state index contributed by atoms with van der Waals surface area (Å²) in [6.07, 6.45) is 5.55. The topological polar surface area (TPSA) is 56.5 Å². The predicted octanol–water partition coefficient (Wildman–Crippen LogP) is 4.09. The Morgan fingerprint density at radius 3 is 2.81 bits per heavy atom. The highest BCUT2D eigenvalue weighted by Crippen LogP contribution is 2.28. The maximum absolute atomic E-state index is 12.7. The number of fused-ring (bicyclic) bond motifs is 2. The lowest BCUT2D eigenvalue weighted by molar-refractivity contribution is 0.0997. The van der Waals surface area contributed by atoms with Crippen molar-refractivity contribution < 1.29 is 9.53 Å². The van der Waals surface area contributed by atoms with E-state index in [9.17, 15) is 4.79 Å². The largest absolute Gasteiger partial charge is 0.492 e. The second-order valence-electron chi connectivity index (χ2n) is 5.61. The summed E-state index contributed by atoms with van der Waals surface area (Å²) in [4.78, 5) is 22.0. The third-order valence-electron chi connectivity index (χ3n) is 3.89. The van der Waals surface area contributed by atoms with E-state index in [4.69, 9.17) is 11.2 Å². The number of benzene rings is 2. The van der Waals surface area contributed by atoms with Crippen molar-refractivity contribution in [3.63, 3.8) is 0 Å². The molecule has 0 atom stereocenters. The molecule has 0 bridgehead atoms. The highest BCUT2D eigenvalue weighted by Gasteiger charge is 2.15. The van der Waals surface area contributed by atoms with E-state index in [-0.39, 0.29) is 5.91 Å². The zero-order chi connectivity index (χ0) is 18.8. The number of para-hydroxylation sites is 2. The molecule has 0 spiro atoms. The van der Waals surface area contributed by atoms with Gasteiger partial charge in [0, 0.05) is 0 Å². The molecule has 4 aromatic rings. The minimum atomic E-state index is -0.369. The van der Waals surface area contributed by atoms with Gasteiger partial charge < -0.3 is 9.30 Å². The van der Waals surface area contributed by atoms with Crippen LogP contribution in [-0.2, 0) is 6.54 Å². The van der Waals surface area contributed by atoms with Crippen molar-refractivity contribution in [3.05, 3.63) is 52.3 Å². The lowest BCUT2D eigenvalue weighted by atomic mass is 10.3. The lowest BCUT2D eigenvalue weighted by Crippen LogP contribution is -2.17. The summed E-state index contributed by atoms with van der Waals surface area (Å²) in [6, 6.07) is 13.4. The van der Waals surface area contributed by atoms with Gasteiger partial charge in [0.1, 0.15) is 11.3 Å². The lowest BCUT2D eigenvalue weighted by Gasteiger charge is -2.07. The first-order chi connectivity index (χ1) is 13.2. The number of amides is 1.